The van der Waals surface area contributed by atoms with Gasteiger partial charge in [-0.3, -0.25) is 4.79 Å². The molecule has 0 aliphatic heterocycles. The molecular formula is C9H19NO2S. The second-order valence-corrected chi connectivity index (χ2v) is 4.89. The summed E-state index contributed by atoms with van der Waals surface area (Å²) in [6, 6.07) is 0. The fourth-order valence-electron chi connectivity index (χ4n) is 0.629. The van der Waals surface area contributed by atoms with Gasteiger partial charge in [0.25, 0.3) is 0 Å². The van der Waals surface area contributed by atoms with Gasteiger partial charge >= 0.3 is 0 Å². The van der Waals surface area contributed by atoms with Crippen LogP contribution in [0.3, 0.4) is 0 Å². The molecule has 0 unspecified atom stereocenters. The van der Waals surface area contributed by atoms with E-state index >= 15 is 0 Å². The molecule has 4 heteroatoms. The maximum Gasteiger partial charge on any atom is 0.246 e. The van der Waals surface area contributed by atoms with Gasteiger partial charge in [-0.15, -0.1) is 0 Å². The van der Waals surface area contributed by atoms with E-state index in [4.69, 9.17) is 4.74 Å². The first-order chi connectivity index (χ1) is 6.02. The van der Waals surface area contributed by atoms with Gasteiger partial charge in [0.15, 0.2) is 0 Å². The number of carbonyl (C=O) groups is 1. The Kier molecular flexibility index (Phi) is 6.16. The molecule has 0 aliphatic rings. The van der Waals surface area contributed by atoms with E-state index < -0.39 is 0 Å². The van der Waals surface area contributed by atoms with Crippen LogP contribution in [-0.4, -0.2) is 36.7 Å². The fraction of sp³-hybridized carbons (Fsp3) is 0.889. The van der Waals surface area contributed by atoms with E-state index in [2.05, 4.69) is 19.2 Å². The van der Waals surface area contributed by atoms with Crippen molar-refractivity contribution in [2.45, 2.75) is 25.5 Å². The van der Waals surface area contributed by atoms with E-state index in [1.165, 1.54) is 0 Å². The zero-order valence-electron chi connectivity index (χ0n) is 8.85. The van der Waals surface area contributed by atoms with E-state index in [0.29, 0.717) is 13.2 Å². The van der Waals surface area contributed by atoms with Crippen molar-refractivity contribution in [3.05, 3.63) is 0 Å². The molecule has 0 spiro atoms. The van der Waals surface area contributed by atoms with Crippen molar-refractivity contribution in [3.63, 3.8) is 0 Å². The molecule has 13 heavy (non-hydrogen) atoms. The number of carbonyl (C=O) groups excluding carboxylic acids is 1. The smallest absolute Gasteiger partial charge is 0.246 e. The van der Waals surface area contributed by atoms with Crippen LogP contribution in [0.1, 0.15) is 20.8 Å². The van der Waals surface area contributed by atoms with Crippen molar-refractivity contribution in [3.8, 4) is 0 Å². The highest BCUT2D eigenvalue weighted by atomic mass is 32.2. The number of thioether (sulfide) groups is 1. The molecule has 0 aromatic heterocycles. The summed E-state index contributed by atoms with van der Waals surface area (Å²) in [5.74, 6) is -0.0380. The second-order valence-electron chi connectivity index (χ2n) is 3.38. The highest BCUT2D eigenvalue weighted by molar-refractivity contribution is 7.99. The highest BCUT2D eigenvalue weighted by Gasteiger charge is 2.16. The monoisotopic (exact) mass is 205 g/mol. The average molecular weight is 205 g/mol. The molecule has 3 nitrogen and oxygen atoms in total. The number of ether oxygens (including phenoxy) is 1. The van der Waals surface area contributed by atoms with Crippen molar-refractivity contribution in [1.29, 1.82) is 0 Å². The fourth-order valence-corrected chi connectivity index (χ4v) is 0.846. The minimum Gasteiger partial charge on any atom is -0.372 e. The van der Waals surface area contributed by atoms with Gasteiger partial charge in [0.05, 0.1) is 0 Å². The summed E-state index contributed by atoms with van der Waals surface area (Å²) in [5, 5.41) is 2.82. The Balaban J connectivity index is 3.57. The van der Waals surface area contributed by atoms with E-state index in [-0.39, 0.29) is 17.3 Å². The van der Waals surface area contributed by atoms with Crippen LogP contribution in [0.4, 0.5) is 0 Å². The molecule has 0 aromatic rings. The summed E-state index contributed by atoms with van der Waals surface area (Å²) < 4.78 is 5.07. The number of rotatable bonds is 6. The summed E-state index contributed by atoms with van der Waals surface area (Å²) in [4.78, 5) is 11.1. The predicted octanol–water partition coefficient (Wildman–Crippen LogP) is 1.28. The summed E-state index contributed by atoms with van der Waals surface area (Å²) >= 11 is 1.74. The van der Waals surface area contributed by atoms with Crippen LogP contribution >= 0.6 is 11.8 Å². The Hall–Kier alpha value is -0.220. The molecule has 0 rings (SSSR count). The van der Waals surface area contributed by atoms with Gasteiger partial charge in [-0.05, 0) is 27.0 Å². The van der Waals surface area contributed by atoms with E-state index in [9.17, 15) is 4.79 Å². The zero-order chi connectivity index (χ0) is 10.3. The Morgan fingerprint density at radius 1 is 1.54 bits per heavy atom. The van der Waals surface area contributed by atoms with Crippen LogP contribution in [0.25, 0.3) is 0 Å². The largest absolute Gasteiger partial charge is 0.372 e. The Morgan fingerprint density at radius 3 is 2.62 bits per heavy atom. The summed E-state index contributed by atoms with van der Waals surface area (Å²) in [6.45, 7) is 7.50. The third kappa shape index (κ3) is 6.90. The summed E-state index contributed by atoms with van der Waals surface area (Å²) in [5.41, 5.74) is 0. The van der Waals surface area contributed by atoms with Crippen molar-refractivity contribution < 1.29 is 9.53 Å². The third-order valence-corrected chi connectivity index (χ3v) is 2.95. The minimum absolute atomic E-state index is 0.0380. The minimum atomic E-state index is -0.0380. The number of amides is 1. The molecule has 1 N–H and O–H groups in total. The standard InChI is InChI=1S/C9H19NO2S/c1-5-12-6-8(11)10-7-9(2,3)13-4/h5-7H2,1-4H3,(H,10,11). The van der Waals surface area contributed by atoms with Crippen LogP contribution in [0, 0.1) is 0 Å². The SMILES string of the molecule is CCOCC(=O)NCC(C)(C)SC. The highest BCUT2D eigenvalue weighted by Crippen LogP contribution is 2.19. The molecule has 0 saturated carbocycles. The molecule has 0 aromatic carbocycles. The number of nitrogens with one attached hydrogen (secondary N) is 1. The second kappa shape index (κ2) is 6.27. The van der Waals surface area contributed by atoms with Crippen molar-refractivity contribution in [1.82, 2.24) is 5.32 Å². The maximum absolute atomic E-state index is 11.1. The van der Waals surface area contributed by atoms with Gasteiger partial charge in [0.2, 0.25) is 5.91 Å². The molecule has 0 bridgehead atoms. The first-order valence-electron chi connectivity index (χ1n) is 4.41. The molecule has 0 atom stereocenters. The van der Waals surface area contributed by atoms with Crippen LogP contribution in [-0.2, 0) is 9.53 Å². The Labute approximate surface area is 84.6 Å². The lowest BCUT2D eigenvalue weighted by atomic mass is 10.2. The van der Waals surface area contributed by atoms with Gasteiger partial charge in [-0.2, -0.15) is 11.8 Å². The number of hydrogen-bond donors (Lipinski definition) is 1. The molecule has 1 amide bonds. The molecule has 78 valence electrons. The molecule has 0 radical (unpaired) electrons. The van der Waals surface area contributed by atoms with E-state index in [1.807, 2.05) is 13.2 Å². The lowest BCUT2D eigenvalue weighted by molar-refractivity contribution is -0.125. The third-order valence-electron chi connectivity index (χ3n) is 1.70. The van der Waals surface area contributed by atoms with E-state index in [1.54, 1.807) is 11.8 Å². The van der Waals surface area contributed by atoms with Gasteiger partial charge in [-0.25, -0.2) is 0 Å². The average Bonchev–Trinajstić information content (AvgIpc) is 2.11. The van der Waals surface area contributed by atoms with Gasteiger partial charge in [-0.1, -0.05) is 0 Å². The lowest BCUT2D eigenvalue weighted by Gasteiger charge is -2.22. The van der Waals surface area contributed by atoms with Gasteiger partial charge < -0.3 is 10.1 Å². The topological polar surface area (TPSA) is 38.3 Å². The maximum atomic E-state index is 11.1. The van der Waals surface area contributed by atoms with E-state index in [0.717, 1.165) is 0 Å². The predicted molar refractivity (Wildman–Crippen MR) is 57.1 cm³/mol. The van der Waals surface area contributed by atoms with Crippen LogP contribution < -0.4 is 5.32 Å². The van der Waals surface area contributed by atoms with Crippen LogP contribution in [0.5, 0.6) is 0 Å². The number of hydrogen-bond acceptors (Lipinski definition) is 3. The summed E-state index contributed by atoms with van der Waals surface area (Å²) in [7, 11) is 0. The molecule has 0 aliphatic carbocycles. The lowest BCUT2D eigenvalue weighted by Crippen LogP contribution is -2.37. The Morgan fingerprint density at radius 2 is 2.15 bits per heavy atom. The molecule has 0 fully saturated rings. The molecule has 0 saturated heterocycles. The normalized spacial score (nSPS) is 11.4. The van der Waals surface area contributed by atoms with Crippen LogP contribution in [0.15, 0.2) is 0 Å². The van der Waals surface area contributed by atoms with Crippen molar-refractivity contribution >= 4 is 17.7 Å². The first-order valence-corrected chi connectivity index (χ1v) is 5.64. The molecule has 0 heterocycles. The van der Waals surface area contributed by atoms with Gasteiger partial charge in [0.1, 0.15) is 6.61 Å². The van der Waals surface area contributed by atoms with Crippen LogP contribution in [0.2, 0.25) is 0 Å². The van der Waals surface area contributed by atoms with Crippen molar-refractivity contribution in [2.24, 2.45) is 0 Å². The quantitative estimate of drug-likeness (QED) is 0.710. The van der Waals surface area contributed by atoms with Crippen molar-refractivity contribution in [2.75, 3.05) is 26.0 Å². The van der Waals surface area contributed by atoms with Gasteiger partial charge in [0, 0.05) is 17.9 Å². The molecular weight excluding hydrogens is 186 g/mol. The first kappa shape index (κ1) is 12.8. The Bertz CT molecular complexity index is 160. The zero-order valence-corrected chi connectivity index (χ0v) is 9.66. The summed E-state index contributed by atoms with van der Waals surface area (Å²) in [6.07, 6.45) is 2.04.